The molecule has 1 aliphatic rings. The molecule has 0 spiro atoms. The first-order chi connectivity index (χ1) is 16.6. The number of sulfonamides is 1. The van der Waals surface area contributed by atoms with Gasteiger partial charge in [-0.15, -0.1) is 0 Å². The predicted octanol–water partition coefficient (Wildman–Crippen LogP) is 4.99. The minimum absolute atomic E-state index is 0.0134. The van der Waals surface area contributed by atoms with Crippen LogP contribution in [-0.4, -0.2) is 30.6 Å². The van der Waals surface area contributed by atoms with E-state index in [0.717, 1.165) is 37.8 Å². The summed E-state index contributed by atoms with van der Waals surface area (Å²) in [4.78, 5) is 13.2. The topological polar surface area (TPSA) is 122 Å². The van der Waals surface area contributed by atoms with Gasteiger partial charge in [0.1, 0.15) is 5.69 Å². The molecular formula is C23H23F3N6O2S. The highest BCUT2D eigenvalue weighted by atomic mass is 32.2. The molecule has 0 unspecified atom stereocenters. The molecule has 12 heteroatoms. The van der Waals surface area contributed by atoms with Gasteiger partial charge in [0.2, 0.25) is 16.0 Å². The fraction of sp³-hybridized carbons (Fsp3) is 0.261. The van der Waals surface area contributed by atoms with Gasteiger partial charge in [-0.3, -0.25) is 4.99 Å². The minimum atomic E-state index is -4.40. The zero-order chi connectivity index (χ0) is 25.1. The van der Waals surface area contributed by atoms with Crippen LogP contribution in [0.1, 0.15) is 36.8 Å². The SMILES string of the molecule is NS(=O)(=O)c1ccc(Nc2ncc(N=Cc3ccc(C(F)(F)F)cc3)c(NC3CCCC3)n2)cc1. The van der Waals surface area contributed by atoms with Gasteiger partial charge in [0.25, 0.3) is 0 Å². The summed E-state index contributed by atoms with van der Waals surface area (Å²) in [7, 11) is -3.80. The summed E-state index contributed by atoms with van der Waals surface area (Å²) in [6, 6.07) is 10.8. The van der Waals surface area contributed by atoms with Gasteiger partial charge in [0, 0.05) is 17.9 Å². The van der Waals surface area contributed by atoms with Crippen LogP contribution >= 0.6 is 0 Å². The Morgan fingerprint density at radius 1 is 1.03 bits per heavy atom. The van der Waals surface area contributed by atoms with E-state index in [-0.39, 0.29) is 16.9 Å². The number of rotatable bonds is 7. The quantitative estimate of drug-likeness (QED) is 0.390. The number of nitrogens with one attached hydrogen (secondary N) is 2. The molecular weight excluding hydrogens is 481 g/mol. The van der Waals surface area contributed by atoms with Crippen molar-refractivity contribution in [3.63, 3.8) is 0 Å². The lowest BCUT2D eigenvalue weighted by Crippen LogP contribution is -2.16. The molecule has 4 rings (SSSR count). The minimum Gasteiger partial charge on any atom is -0.365 e. The molecule has 3 aromatic rings. The maximum absolute atomic E-state index is 12.8. The molecule has 1 saturated carbocycles. The Bertz CT molecular complexity index is 1300. The lowest BCUT2D eigenvalue weighted by Gasteiger charge is -2.15. The van der Waals surface area contributed by atoms with Crippen molar-refractivity contribution in [2.24, 2.45) is 10.1 Å². The number of hydrogen-bond acceptors (Lipinski definition) is 7. The highest BCUT2D eigenvalue weighted by Crippen LogP contribution is 2.30. The third-order valence-corrected chi connectivity index (χ3v) is 6.42. The van der Waals surface area contributed by atoms with E-state index in [9.17, 15) is 21.6 Å². The predicted molar refractivity (Wildman–Crippen MR) is 128 cm³/mol. The lowest BCUT2D eigenvalue weighted by molar-refractivity contribution is -0.137. The number of aliphatic imine (C=N–C) groups is 1. The molecule has 1 heterocycles. The van der Waals surface area contributed by atoms with E-state index in [1.165, 1.54) is 36.7 Å². The first-order valence-corrected chi connectivity index (χ1v) is 12.4. The number of alkyl halides is 3. The van der Waals surface area contributed by atoms with Crippen LogP contribution in [0.5, 0.6) is 0 Å². The molecule has 4 N–H and O–H groups in total. The molecule has 0 aliphatic heterocycles. The van der Waals surface area contributed by atoms with E-state index >= 15 is 0 Å². The Labute approximate surface area is 200 Å². The van der Waals surface area contributed by atoms with Crippen molar-refractivity contribution in [3.05, 3.63) is 65.9 Å². The Morgan fingerprint density at radius 2 is 1.69 bits per heavy atom. The van der Waals surface area contributed by atoms with Gasteiger partial charge in [0.15, 0.2) is 5.82 Å². The number of anilines is 3. The van der Waals surface area contributed by atoms with E-state index < -0.39 is 21.8 Å². The number of primary sulfonamides is 1. The Morgan fingerprint density at radius 3 is 2.29 bits per heavy atom. The molecule has 0 radical (unpaired) electrons. The summed E-state index contributed by atoms with van der Waals surface area (Å²) in [6.45, 7) is 0. The molecule has 0 bridgehead atoms. The highest BCUT2D eigenvalue weighted by Gasteiger charge is 2.29. The number of benzene rings is 2. The second-order valence-corrected chi connectivity index (χ2v) is 9.69. The van der Waals surface area contributed by atoms with Crippen molar-refractivity contribution in [2.45, 2.75) is 42.8 Å². The fourth-order valence-corrected chi connectivity index (χ4v) is 4.17. The number of nitrogens with zero attached hydrogens (tertiary/aromatic N) is 3. The molecule has 184 valence electrons. The summed E-state index contributed by atoms with van der Waals surface area (Å²) >= 11 is 0. The lowest BCUT2D eigenvalue weighted by atomic mass is 10.1. The van der Waals surface area contributed by atoms with Gasteiger partial charge in [-0.2, -0.15) is 18.2 Å². The maximum Gasteiger partial charge on any atom is 0.416 e. The van der Waals surface area contributed by atoms with E-state index in [1.807, 2.05) is 0 Å². The normalized spacial score (nSPS) is 15.0. The first-order valence-electron chi connectivity index (χ1n) is 10.8. The highest BCUT2D eigenvalue weighted by molar-refractivity contribution is 7.89. The Hall–Kier alpha value is -3.51. The average Bonchev–Trinajstić information content (AvgIpc) is 3.31. The third-order valence-electron chi connectivity index (χ3n) is 5.50. The zero-order valence-corrected chi connectivity index (χ0v) is 19.3. The van der Waals surface area contributed by atoms with Gasteiger partial charge in [0.05, 0.1) is 16.7 Å². The molecule has 0 saturated heterocycles. The molecule has 35 heavy (non-hydrogen) atoms. The van der Waals surface area contributed by atoms with Crippen LogP contribution < -0.4 is 15.8 Å². The third kappa shape index (κ3) is 6.55. The first kappa shape index (κ1) is 24.6. The number of halogens is 3. The second kappa shape index (κ2) is 10.0. The molecule has 1 aromatic heterocycles. The molecule has 1 aliphatic carbocycles. The van der Waals surface area contributed by atoms with Crippen LogP contribution in [0.4, 0.5) is 36.3 Å². The number of hydrogen-bond donors (Lipinski definition) is 3. The monoisotopic (exact) mass is 504 g/mol. The van der Waals surface area contributed by atoms with Gasteiger partial charge in [-0.25, -0.2) is 18.5 Å². The van der Waals surface area contributed by atoms with Crippen molar-refractivity contribution in [2.75, 3.05) is 10.6 Å². The zero-order valence-electron chi connectivity index (χ0n) is 18.5. The van der Waals surface area contributed by atoms with E-state index in [4.69, 9.17) is 5.14 Å². The van der Waals surface area contributed by atoms with Crippen LogP contribution in [-0.2, 0) is 16.2 Å². The van der Waals surface area contributed by atoms with Crippen LogP contribution in [0.25, 0.3) is 0 Å². The van der Waals surface area contributed by atoms with Gasteiger partial charge >= 0.3 is 6.18 Å². The van der Waals surface area contributed by atoms with Crippen LogP contribution in [0.2, 0.25) is 0 Å². The van der Waals surface area contributed by atoms with Crippen molar-refractivity contribution in [3.8, 4) is 0 Å². The van der Waals surface area contributed by atoms with Gasteiger partial charge in [-0.1, -0.05) is 25.0 Å². The molecule has 0 amide bonds. The summed E-state index contributed by atoms with van der Waals surface area (Å²) in [5.74, 6) is 0.751. The number of nitrogens with two attached hydrogens (primary N) is 1. The standard InChI is InChI=1S/C23H23F3N6O2S/c24-23(25,26)16-7-5-15(6-8-16)13-28-20-14-29-22(32-21(20)30-17-3-1-2-4-17)31-18-9-11-19(12-10-18)35(27,33)34/h5-14,17H,1-4H2,(H2,27,33,34)(H2,29,30,31,32). The summed E-state index contributed by atoms with van der Waals surface area (Å²) in [5.41, 5.74) is 0.771. The van der Waals surface area contributed by atoms with Crippen LogP contribution in [0.15, 0.2) is 64.6 Å². The summed E-state index contributed by atoms with van der Waals surface area (Å²) in [5, 5.41) is 11.5. The Balaban J connectivity index is 1.56. The van der Waals surface area contributed by atoms with E-state index in [2.05, 4.69) is 25.6 Å². The summed E-state index contributed by atoms with van der Waals surface area (Å²) < 4.78 is 61.2. The molecule has 8 nitrogen and oxygen atoms in total. The van der Waals surface area contributed by atoms with Gasteiger partial charge < -0.3 is 10.6 Å². The maximum atomic E-state index is 12.8. The molecule has 0 atom stereocenters. The second-order valence-electron chi connectivity index (χ2n) is 8.13. The van der Waals surface area contributed by atoms with Crippen LogP contribution in [0.3, 0.4) is 0 Å². The molecule has 2 aromatic carbocycles. The van der Waals surface area contributed by atoms with Crippen molar-refractivity contribution >= 4 is 39.4 Å². The van der Waals surface area contributed by atoms with Crippen molar-refractivity contribution in [1.82, 2.24) is 9.97 Å². The van der Waals surface area contributed by atoms with E-state index in [0.29, 0.717) is 22.8 Å². The number of aromatic nitrogens is 2. The smallest absolute Gasteiger partial charge is 0.365 e. The van der Waals surface area contributed by atoms with Gasteiger partial charge in [-0.05, 0) is 54.8 Å². The summed E-state index contributed by atoms with van der Waals surface area (Å²) in [6.07, 6.45) is 2.75. The molecule has 1 fully saturated rings. The largest absolute Gasteiger partial charge is 0.416 e. The Kier molecular flexibility index (Phi) is 7.03. The van der Waals surface area contributed by atoms with Crippen LogP contribution in [0, 0.1) is 0 Å². The average molecular weight is 505 g/mol. The van der Waals surface area contributed by atoms with E-state index in [1.54, 1.807) is 12.1 Å². The fourth-order valence-electron chi connectivity index (χ4n) is 3.66. The van der Waals surface area contributed by atoms with Crippen molar-refractivity contribution in [1.29, 1.82) is 0 Å². The van der Waals surface area contributed by atoms with Crippen molar-refractivity contribution < 1.29 is 21.6 Å².